The van der Waals surface area contributed by atoms with Gasteiger partial charge < -0.3 is 14.2 Å². The van der Waals surface area contributed by atoms with Crippen molar-refractivity contribution in [3.63, 3.8) is 0 Å². The Kier molecular flexibility index (Phi) is 57.4. The standard InChI is InChI=1S/C67H112O6/c1-4-7-10-13-16-19-22-25-28-29-30-31-32-33-34-35-36-37-40-42-45-48-51-54-57-60-66(69)72-63-64(73-67(70)61-58-55-52-49-46-43-39-27-24-21-18-15-12-9-6-3)62-71-65(68)59-56-53-50-47-44-41-38-26-23-20-17-14-11-8-5-2/h7,9-10,12,16,18-19,21,25,27-28,30-31,33-34,39,46,49,64H,4-6,8,11,13-15,17,20,22-24,26,29,32,35-38,40-45,47-48,50-63H2,1-3H3/b10-7-,12-9-,19-16-,21-18-,28-25-,31-30-,34-33-,39-27-,49-46-. The van der Waals surface area contributed by atoms with Gasteiger partial charge in [-0.15, -0.1) is 0 Å². The summed E-state index contributed by atoms with van der Waals surface area (Å²) in [5, 5.41) is 0. The molecule has 1 atom stereocenters. The number of carbonyl (C=O) groups excluding carboxylic acids is 3. The van der Waals surface area contributed by atoms with Crippen molar-refractivity contribution in [2.24, 2.45) is 0 Å². The number of hydrogen-bond donors (Lipinski definition) is 0. The zero-order valence-corrected chi connectivity index (χ0v) is 47.6. The minimum atomic E-state index is -0.803. The van der Waals surface area contributed by atoms with Crippen LogP contribution in [0.25, 0.3) is 0 Å². The molecule has 0 spiro atoms. The fraction of sp³-hybridized carbons (Fsp3) is 0.687. The van der Waals surface area contributed by atoms with Gasteiger partial charge in [-0.25, -0.2) is 0 Å². The molecule has 0 amide bonds. The smallest absolute Gasteiger partial charge is 0.306 e. The number of rotatable bonds is 54. The number of hydrogen-bond acceptors (Lipinski definition) is 6. The zero-order valence-electron chi connectivity index (χ0n) is 47.6. The lowest BCUT2D eigenvalue weighted by Gasteiger charge is -2.18. The second kappa shape index (κ2) is 60.6. The molecule has 0 rings (SSSR count). The van der Waals surface area contributed by atoms with Crippen LogP contribution in [-0.2, 0) is 28.6 Å². The highest BCUT2D eigenvalue weighted by Gasteiger charge is 2.19. The highest BCUT2D eigenvalue weighted by molar-refractivity contribution is 5.71. The Labute approximate surface area is 450 Å². The van der Waals surface area contributed by atoms with Crippen molar-refractivity contribution < 1.29 is 28.6 Å². The van der Waals surface area contributed by atoms with Crippen molar-refractivity contribution in [3.05, 3.63) is 109 Å². The van der Waals surface area contributed by atoms with Crippen molar-refractivity contribution in [1.82, 2.24) is 0 Å². The predicted molar refractivity (Wildman–Crippen MR) is 316 cm³/mol. The van der Waals surface area contributed by atoms with E-state index in [0.29, 0.717) is 19.3 Å². The van der Waals surface area contributed by atoms with Crippen LogP contribution in [0.4, 0.5) is 0 Å². The van der Waals surface area contributed by atoms with Crippen LogP contribution in [0.3, 0.4) is 0 Å². The number of esters is 3. The first kappa shape index (κ1) is 69.1. The van der Waals surface area contributed by atoms with E-state index in [-0.39, 0.29) is 37.5 Å². The fourth-order valence-electron chi connectivity index (χ4n) is 8.28. The molecule has 0 aromatic heterocycles. The van der Waals surface area contributed by atoms with Gasteiger partial charge >= 0.3 is 17.9 Å². The van der Waals surface area contributed by atoms with Gasteiger partial charge in [-0.1, -0.05) is 265 Å². The first-order valence-corrected chi connectivity index (χ1v) is 30.4. The minimum absolute atomic E-state index is 0.0953. The lowest BCUT2D eigenvalue weighted by Crippen LogP contribution is -2.30. The van der Waals surface area contributed by atoms with Crippen molar-refractivity contribution in [2.75, 3.05) is 13.2 Å². The van der Waals surface area contributed by atoms with E-state index < -0.39 is 6.10 Å². The van der Waals surface area contributed by atoms with Crippen molar-refractivity contribution in [2.45, 2.75) is 284 Å². The summed E-state index contributed by atoms with van der Waals surface area (Å²) in [6, 6.07) is 0. The van der Waals surface area contributed by atoms with Crippen molar-refractivity contribution in [1.29, 1.82) is 0 Å². The van der Waals surface area contributed by atoms with Gasteiger partial charge in [-0.05, 0) is 103 Å². The van der Waals surface area contributed by atoms with E-state index in [2.05, 4.69) is 130 Å². The lowest BCUT2D eigenvalue weighted by molar-refractivity contribution is -0.167. The first-order valence-electron chi connectivity index (χ1n) is 30.4. The quantitative estimate of drug-likeness (QED) is 0.0261. The van der Waals surface area contributed by atoms with E-state index in [0.717, 1.165) is 116 Å². The van der Waals surface area contributed by atoms with E-state index in [9.17, 15) is 14.4 Å². The summed E-state index contributed by atoms with van der Waals surface area (Å²) < 4.78 is 16.9. The molecule has 0 heterocycles. The Balaban J connectivity index is 4.38. The van der Waals surface area contributed by atoms with E-state index >= 15 is 0 Å². The molecule has 0 aliphatic rings. The topological polar surface area (TPSA) is 78.9 Å². The van der Waals surface area contributed by atoms with Crippen LogP contribution in [0, 0.1) is 0 Å². The Hall–Kier alpha value is -3.93. The maximum Gasteiger partial charge on any atom is 0.306 e. The molecular weight excluding hydrogens is 901 g/mol. The van der Waals surface area contributed by atoms with Crippen LogP contribution in [0.5, 0.6) is 0 Å². The molecule has 0 bridgehead atoms. The van der Waals surface area contributed by atoms with E-state index in [1.807, 2.05) is 0 Å². The molecule has 0 saturated heterocycles. The van der Waals surface area contributed by atoms with E-state index in [4.69, 9.17) is 14.2 Å². The number of ether oxygens (including phenoxy) is 3. The van der Waals surface area contributed by atoms with E-state index in [1.54, 1.807) is 0 Å². The summed E-state index contributed by atoms with van der Waals surface area (Å²) in [6.45, 7) is 6.39. The molecule has 1 unspecified atom stereocenters. The highest BCUT2D eigenvalue weighted by Crippen LogP contribution is 2.16. The van der Waals surface area contributed by atoms with Gasteiger partial charge in [-0.3, -0.25) is 14.4 Å². The van der Waals surface area contributed by atoms with Crippen LogP contribution in [0.1, 0.15) is 278 Å². The van der Waals surface area contributed by atoms with E-state index in [1.165, 1.54) is 116 Å². The maximum atomic E-state index is 12.9. The number of carbonyl (C=O) groups is 3. The van der Waals surface area contributed by atoms with Crippen molar-refractivity contribution >= 4 is 17.9 Å². The summed E-state index contributed by atoms with van der Waals surface area (Å²) in [7, 11) is 0. The summed E-state index contributed by atoms with van der Waals surface area (Å²) in [5.74, 6) is -0.938. The molecule has 0 N–H and O–H groups in total. The first-order chi connectivity index (χ1) is 36.0. The summed E-state index contributed by atoms with van der Waals surface area (Å²) in [5.41, 5.74) is 0. The lowest BCUT2D eigenvalue weighted by atomic mass is 10.0. The SMILES string of the molecule is CC/C=C\C/C=C\C/C=C\C/C=C\C/C=C\CCCCCCCCCCCC(=O)OCC(COC(=O)CCCCCCCCCCCCCCCCC)OC(=O)CCCC/C=C\C/C=C\C/C=C\C/C=C\CC. The third kappa shape index (κ3) is 58.8. The Morgan fingerprint density at radius 3 is 0.863 bits per heavy atom. The zero-order chi connectivity index (χ0) is 52.9. The summed E-state index contributed by atoms with van der Waals surface area (Å²) in [4.78, 5) is 38.2. The predicted octanol–water partition coefficient (Wildman–Crippen LogP) is 20.7. The van der Waals surface area contributed by atoms with Crippen LogP contribution < -0.4 is 0 Å². The molecule has 0 fully saturated rings. The van der Waals surface area contributed by atoms with Crippen LogP contribution >= 0.6 is 0 Å². The summed E-state index contributed by atoms with van der Waals surface area (Å²) >= 11 is 0. The Morgan fingerprint density at radius 1 is 0.288 bits per heavy atom. The monoisotopic (exact) mass is 1010 g/mol. The van der Waals surface area contributed by atoms with Gasteiger partial charge in [0.05, 0.1) is 0 Å². The van der Waals surface area contributed by atoms with Crippen LogP contribution in [0.2, 0.25) is 0 Å². The highest BCUT2D eigenvalue weighted by atomic mass is 16.6. The molecule has 0 aromatic carbocycles. The number of unbranched alkanes of at least 4 members (excludes halogenated alkanes) is 25. The van der Waals surface area contributed by atoms with Gasteiger partial charge in [0.1, 0.15) is 13.2 Å². The molecule has 0 aromatic rings. The average molecular weight is 1010 g/mol. The second-order valence-corrected chi connectivity index (χ2v) is 19.9. The molecule has 6 heteroatoms. The largest absolute Gasteiger partial charge is 0.462 e. The van der Waals surface area contributed by atoms with Crippen LogP contribution in [-0.4, -0.2) is 37.2 Å². The van der Waals surface area contributed by atoms with Gasteiger partial charge in [-0.2, -0.15) is 0 Å². The minimum Gasteiger partial charge on any atom is -0.462 e. The van der Waals surface area contributed by atoms with Gasteiger partial charge in [0, 0.05) is 19.3 Å². The molecule has 0 aliphatic heterocycles. The van der Waals surface area contributed by atoms with Crippen molar-refractivity contribution in [3.8, 4) is 0 Å². The molecule has 0 radical (unpaired) electrons. The normalized spacial score (nSPS) is 12.9. The fourth-order valence-corrected chi connectivity index (χ4v) is 8.28. The Bertz CT molecular complexity index is 1490. The molecule has 6 nitrogen and oxygen atoms in total. The second-order valence-electron chi connectivity index (χ2n) is 19.9. The molecular formula is C67H112O6. The third-order valence-corrected chi connectivity index (χ3v) is 12.8. The Morgan fingerprint density at radius 2 is 0.534 bits per heavy atom. The van der Waals surface area contributed by atoms with Gasteiger partial charge in [0.15, 0.2) is 6.10 Å². The van der Waals surface area contributed by atoms with Crippen LogP contribution in [0.15, 0.2) is 109 Å². The van der Waals surface area contributed by atoms with Gasteiger partial charge in [0.25, 0.3) is 0 Å². The third-order valence-electron chi connectivity index (χ3n) is 12.8. The van der Waals surface area contributed by atoms with Gasteiger partial charge in [0.2, 0.25) is 0 Å². The molecule has 73 heavy (non-hydrogen) atoms. The molecule has 416 valence electrons. The average Bonchev–Trinajstić information content (AvgIpc) is 3.39. The molecule has 0 aliphatic carbocycles. The summed E-state index contributed by atoms with van der Waals surface area (Å²) in [6.07, 6.45) is 82.3. The maximum absolute atomic E-state index is 12.9. The molecule has 0 saturated carbocycles. The number of allylic oxidation sites excluding steroid dienone is 18.